The van der Waals surface area contributed by atoms with Crippen LogP contribution in [0.5, 0.6) is 0 Å². The number of nitrogens with zero attached hydrogens (tertiary/aromatic N) is 3. The lowest BCUT2D eigenvalue weighted by Crippen LogP contribution is -2.38. The molecular weight excluding hydrogens is 356 g/mol. The number of nitrogens with one attached hydrogen (secondary N) is 1. The third-order valence-electron chi connectivity index (χ3n) is 5.21. The van der Waals surface area contributed by atoms with Gasteiger partial charge in [0.15, 0.2) is 0 Å². The molecule has 7 heteroatoms. The van der Waals surface area contributed by atoms with Crippen LogP contribution in [-0.4, -0.2) is 41.5 Å². The predicted octanol–water partition coefficient (Wildman–Crippen LogP) is 3.80. The summed E-state index contributed by atoms with van der Waals surface area (Å²) < 4.78 is 12.9. The van der Waals surface area contributed by atoms with Gasteiger partial charge in [0.25, 0.3) is 0 Å². The Labute approximate surface area is 165 Å². The molecule has 1 unspecified atom stereocenters. The Kier molecular flexibility index (Phi) is 6.04. The zero-order chi connectivity index (χ0) is 20.3. The molecule has 0 aliphatic rings. The lowest BCUT2D eigenvalue weighted by Gasteiger charge is -2.23. The first-order valence-corrected chi connectivity index (χ1v) is 9.43. The number of urea groups is 1. The molecule has 0 saturated carbocycles. The van der Waals surface area contributed by atoms with Crippen LogP contribution >= 0.6 is 0 Å². The molecule has 2 amide bonds. The number of hydrogen-bond donors (Lipinski definition) is 1. The lowest BCUT2D eigenvalue weighted by atomic mass is 10.2. The van der Waals surface area contributed by atoms with E-state index in [1.807, 2.05) is 55.8 Å². The minimum Gasteiger partial charge on any atom is -0.459 e. The van der Waals surface area contributed by atoms with Crippen molar-refractivity contribution in [2.75, 3.05) is 20.8 Å². The molecular formula is C21H28N4O3. The molecule has 0 spiro atoms. The third kappa shape index (κ3) is 4.04. The maximum absolute atomic E-state index is 12.7. The van der Waals surface area contributed by atoms with E-state index < -0.39 is 0 Å². The van der Waals surface area contributed by atoms with Gasteiger partial charge in [0.1, 0.15) is 11.3 Å². The van der Waals surface area contributed by atoms with Crippen molar-refractivity contribution >= 4 is 17.0 Å². The summed E-state index contributed by atoms with van der Waals surface area (Å²) in [6, 6.07) is 9.49. The van der Waals surface area contributed by atoms with Gasteiger partial charge in [0, 0.05) is 37.3 Å². The summed E-state index contributed by atoms with van der Waals surface area (Å²) in [6.45, 7) is 7.65. The van der Waals surface area contributed by atoms with Gasteiger partial charge in [-0.1, -0.05) is 18.2 Å². The van der Waals surface area contributed by atoms with Crippen LogP contribution in [0.15, 0.2) is 34.7 Å². The average molecular weight is 384 g/mol. The number of methoxy groups -OCH3 is 1. The summed E-state index contributed by atoms with van der Waals surface area (Å²) in [7, 11) is 3.45. The highest BCUT2D eigenvalue weighted by Gasteiger charge is 2.21. The van der Waals surface area contributed by atoms with E-state index in [9.17, 15) is 4.79 Å². The molecule has 0 radical (unpaired) electrons. The molecule has 3 rings (SSSR count). The van der Waals surface area contributed by atoms with Gasteiger partial charge in [-0.3, -0.25) is 4.68 Å². The maximum atomic E-state index is 12.7. The van der Waals surface area contributed by atoms with E-state index in [1.165, 1.54) is 0 Å². The highest BCUT2D eigenvalue weighted by atomic mass is 16.5. The van der Waals surface area contributed by atoms with Crippen molar-refractivity contribution in [1.29, 1.82) is 0 Å². The predicted molar refractivity (Wildman–Crippen MR) is 108 cm³/mol. The van der Waals surface area contributed by atoms with E-state index >= 15 is 0 Å². The van der Waals surface area contributed by atoms with Crippen LogP contribution in [0.4, 0.5) is 4.79 Å². The molecule has 1 N–H and O–H groups in total. The second-order valence-electron chi connectivity index (χ2n) is 7.00. The van der Waals surface area contributed by atoms with E-state index in [0.717, 1.165) is 33.7 Å². The number of hydrogen-bond acceptors (Lipinski definition) is 4. The van der Waals surface area contributed by atoms with Crippen molar-refractivity contribution in [3.63, 3.8) is 0 Å². The molecule has 2 heterocycles. The summed E-state index contributed by atoms with van der Waals surface area (Å²) in [4.78, 5) is 14.3. The smallest absolute Gasteiger partial charge is 0.318 e. The van der Waals surface area contributed by atoms with Crippen LogP contribution in [0, 0.1) is 13.8 Å². The van der Waals surface area contributed by atoms with E-state index in [1.54, 1.807) is 19.1 Å². The molecule has 1 aromatic carbocycles. The van der Waals surface area contributed by atoms with Crippen molar-refractivity contribution in [2.45, 2.75) is 39.9 Å². The van der Waals surface area contributed by atoms with E-state index in [-0.39, 0.29) is 12.1 Å². The van der Waals surface area contributed by atoms with Crippen LogP contribution in [0.25, 0.3) is 11.0 Å². The van der Waals surface area contributed by atoms with Crippen LogP contribution in [0.3, 0.4) is 0 Å². The zero-order valence-electron chi connectivity index (χ0n) is 17.2. The fourth-order valence-corrected chi connectivity index (χ4v) is 3.25. The average Bonchev–Trinajstić information content (AvgIpc) is 3.24. The summed E-state index contributed by atoms with van der Waals surface area (Å²) in [5.74, 6) is 0.763. The number of amides is 2. The van der Waals surface area contributed by atoms with Crippen molar-refractivity contribution in [3.8, 4) is 0 Å². The van der Waals surface area contributed by atoms with Crippen molar-refractivity contribution < 1.29 is 13.9 Å². The molecule has 0 saturated heterocycles. The number of aromatic nitrogens is 2. The number of para-hydroxylation sites is 1. The van der Waals surface area contributed by atoms with Crippen molar-refractivity contribution in [3.05, 3.63) is 53.0 Å². The maximum Gasteiger partial charge on any atom is 0.318 e. The molecule has 28 heavy (non-hydrogen) atoms. The first kappa shape index (κ1) is 19.9. The number of furan rings is 1. The van der Waals surface area contributed by atoms with Crippen LogP contribution in [0.2, 0.25) is 0 Å². The SMILES string of the molecule is COCCn1nc(C)c(CNC(=O)N(C)C(C)c2cc3ccccc3o2)c1C. The van der Waals surface area contributed by atoms with Gasteiger partial charge in [0.05, 0.1) is 24.9 Å². The topological polar surface area (TPSA) is 72.5 Å². The van der Waals surface area contributed by atoms with E-state index in [2.05, 4.69) is 10.4 Å². The Morgan fingerprint density at radius 1 is 1.36 bits per heavy atom. The van der Waals surface area contributed by atoms with Crippen LogP contribution in [-0.2, 0) is 17.8 Å². The van der Waals surface area contributed by atoms with Crippen molar-refractivity contribution in [2.24, 2.45) is 0 Å². The third-order valence-corrected chi connectivity index (χ3v) is 5.21. The second kappa shape index (κ2) is 8.48. The number of carbonyl (C=O) groups excluding carboxylic acids is 1. The number of ether oxygens (including phenoxy) is 1. The van der Waals surface area contributed by atoms with Gasteiger partial charge in [-0.25, -0.2) is 4.79 Å². The highest BCUT2D eigenvalue weighted by Crippen LogP contribution is 2.26. The van der Waals surface area contributed by atoms with Gasteiger partial charge >= 0.3 is 6.03 Å². The number of benzene rings is 1. The molecule has 150 valence electrons. The summed E-state index contributed by atoms with van der Waals surface area (Å²) in [6.07, 6.45) is 0. The molecule has 0 aliphatic heterocycles. The number of carbonyl (C=O) groups is 1. The normalized spacial score (nSPS) is 12.3. The van der Waals surface area contributed by atoms with Gasteiger partial charge in [0.2, 0.25) is 0 Å². The Balaban J connectivity index is 1.65. The quantitative estimate of drug-likeness (QED) is 0.673. The molecule has 3 aromatic rings. The Morgan fingerprint density at radius 2 is 2.11 bits per heavy atom. The first-order chi connectivity index (χ1) is 13.4. The second-order valence-corrected chi connectivity index (χ2v) is 7.00. The van der Waals surface area contributed by atoms with Gasteiger partial charge < -0.3 is 19.4 Å². The number of aryl methyl sites for hydroxylation is 1. The Bertz CT molecular complexity index is 927. The highest BCUT2D eigenvalue weighted by molar-refractivity contribution is 5.78. The molecule has 0 aliphatic carbocycles. The molecule has 1 atom stereocenters. The fourth-order valence-electron chi connectivity index (χ4n) is 3.25. The van der Waals surface area contributed by atoms with Gasteiger partial charge in [-0.2, -0.15) is 5.10 Å². The van der Waals surface area contributed by atoms with E-state index in [0.29, 0.717) is 19.7 Å². The number of fused-ring (bicyclic) bond motifs is 1. The van der Waals surface area contributed by atoms with Crippen LogP contribution in [0.1, 0.15) is 35.7 Å². The van der Waals surface area contributed by atoms with Crippen LogP contribution < -0.4 is 5.32 Å². The van der Waals surface area contributed by atoms with Crippen molar-refractivity contribution in [1.82, 2.24) is 20.0 Å². The molecule has 0 bridgehead atoms. The van der Waals surface area contributed by atoms with Gasteiger partial charge in [-0.05, 0) is 32.9 Å². The first-order valence-electron chi connectivity index (χ1n) is 9.43. The molecule has 2 aromatic heterocycles. The Morgan fingerprint density at radius 3 is 2.82 bits per heavy atom. The lowest BCUT2D eigenvalue weighted by molar-refractivity contribution is 0.182. The minimum atomic E-state index is -0.181. The zero-order valence-corrected chi connectivity index (χ0v) is 17.2. The molecule has 7 nitrogen and oxygen atoms in total. The fraction of sp³-hybridized carbons (Fsp3) is 0.429. The summed E-state index contributed by atoms with van der Waals surface area (Å²) in [5.41, 5.74) is 3.83. The largest absolute Gasteiger partial charge is 0.459 e. The standard InChI is InChI=1S/C21H28N4O3/c1-14-18(15(2)25(23-14)10-11-27-5)13-22-21(26)24(4)16(3)20-12-17-8-6-7-9-19(17)28-20/h6-9,12,16H,10-11,13H2,1-5H3,(H,22,26). The minimum absolute atomic E-state index is 0.156. The number of rotatable bonds is 7. The molecule has 0 fully saturated rings. The van der Waals surface area contributed by atoms with E-state index in [4.69, 9.17) is 9.15 Å². The Hall–Kier alpha value is -2.80. The summed E-state index contributed by atoms with van der Waals surface area (Å²) in [5, 5.41) is 8.56. The van der Waals surface area contributed by atoms with Gasteiger partial charge in [-0.15, -0.1) is 0 Å². The monoisotopic (exact) mass is 384 g/mol. The summed E-state index contributed by atoms with van der Waals surface area (Å²) >= 11 is 0.